The van der Waals surface area contributed by atoms with E-state index in [9.17, 15) is 14.7 Å². The molecule has 0 spiro atoms. The Balaban J connectivity index is 2.03. The van der Waals surface area contributed by atoms with Gasteiger partial charge in [-0.2, -0.15) is 0 Å². The lowest BCUT2D eigenvalue weighted by molar-refractivity contribution is -0.143. The number of benzene rings is 2. The van der Waals surface area contributed by atoms with Gasteiger partial charge in [-0.15, -0.1) is 0 Å². The Labute approximate surface area is 160 Å². The van der Waals surface area contributed by atoms with Gasteiger partial charge in [-0.3, -0.25) is 9.59 Å². The molecule has 2 N–H and O–H groups in total. The lowest BCUT2D eigenvalue weighted by atomic mass is 10.2. The second-order valence-corrected chi connectivity index (χ2v) is 6.11. The van der Waals surface area contributed by atoms with Gasteiger partial charge in [0.25, 0.3) is 0 Å². The van der Waals surface area contributed by atoms with Crippen LogP contribution in [0.5, 0.6) is 0 Å². The monoisotopic (exact) mass is 369 g/mol. The van der Waals surface area contributed by atoms with Crippen LogP contribution in [0.25, 0.3) is 0 Å². The van der Waals surface area contributed by atoms with Gasteiger partial charge in [0.05, 0.1) is 6.61 Å². The van der Waals surface area contributed by atoms with Crippen LogP contribution >= 0.6 is 0 Å². The zero-order valence-corrected chi connectivity index (χ0v) is 15.9. The van der Waals surface area contributed by atoms with Gasteiger partial charge in [-0.1, -0.05) is 30.3 Å². The first kappa shape index (κ1) is 20.5. The maximum atomic E-state index is 12.5. The smallest absolute Gasteiger partial charge is 0.313 e. The number of nitrogens with one attached hydrogen (secondary N) is 1. The van der Waals surface area contributed by atoms with Crippen LogP contribution in [0.1, 0.15) is 19.4 Å². The van der Waals surface area contributed by atoms with Crippen molar-refractivity contribution in [2.24, 2.45) is 0 Å². The van der Waals surface area contributed by atoms with Crippen molar-refractivity contribution in [2.45, 2.75) is 20.4 Å². The van der Waals surface area contributed by atoms with Gasteiger partial charge >= 0.3 is 11.8 Å². The topological polar surface area (TPSA) is 72.9 Å². The SMILES string of the molecule is CCN(CC)c1ccc(NC(=O)C(=O)N(CCO)Cc2ccccc2)cc1. The van der Waals surface area contributed by atoms with Crippen LogP contribution < -0.4 is 10.2 Å². The fourth-order valence-corrected chi connectivity index (χ4v) is 2.85. The first-order valence-electron chi connectivity index (χ1n) is 9.19. The molecule has 0 heterocycles. The third kappa shape index (κ3) is 5.82. The fraction of sp³-hybridized carbons (Fsp3) is 0.333. The molecule has 0 aromatic heterocycles. The van der Waals surface area contributed by atoms with E-state index >= 15 is 0 Å². The van der Waals surface area contributed by atoms with Crippen molar-refractivity contribution in [1.82, 2.24) is 4.90 Å². The van der Waals surface area contributed by atoms with E-state index in [-0.39, 0.29) is 19.7 Å². The maximum absolute atomic E-state index is 12.5. The van der Waals surface area contributed by atoms with E-state index in [1.54, 1.807) is 12.1 Å². The Bertz CT molecular complexity index is 728. The van der Waals surface area contributed by atoms with Crippen molar-refractivity contribution in [3.05, 3.63) is 60.2 Å². The van der Waals surface area contributed by atoms with Crippen LogP contribution in [0.4, 0.5) is 11.4 Å². The molecule has 0 aliphatic carbocycles. The highest BCUT2D eigenvalue weighted by Gasteiger charge is 2.22. The Morgan fingerprint density at radius 1 is 0.963 bits per heavy atom. The molecule has 2 amide bonds. The van der Waals surface area contributed by atoms with Gasteiger partial charge in [-0.25, -0.2) is 0 Å². The average Bonchev–Trinajstić information content (AvgIpc) is 2.70. The molecule has 0 bridgehead atoms. The molecule has 144 valence electrons. The zero-order valence-electron chi connectivity index (χ0n) is 15.9. The molecule has 27 heavy (non-hydrogen) atoms. The second-order valence-electron chi connectivity index (χ2n) is 6.11. The van der Waals surface area contributed by atoms with Gasteiger partial charge in [0, 0.05) is 37.6 Å². The molecule has 6 heteroatoms. The van der Waals surface area contributed by atoms with E-state index in [0.29, 0.717) is 5.69 Å². The number of rotatable bonds is 8. The molecule has 0 radical (unpaired) electrons. The lowest BCUT2D eigenvalue weighted by Crippen LogP contribution is -2.40. The number of hydrogen-bond donors (Lipinski definition) is 2. The average molecular weight is 369 g/mol. The number of carbonyl (C=O) groups excluding carboxylic acids is 2. The van der Waals surface area contributed by atoms with Crippen molar-refractivity contribution in [2.75, 3.05) is 36.5 Å². The molecule has 6 nitrogen and oxygen atoms in total. The predicted octanol–water partition coefficient (Wildman–Crippen LogP) is 2.49. The van der Waals surface area contributed by atoms with E-state index in [0.717, 1.165) is 24.3 Å². The summed E-state index contributed by atoms with van der Waals surface area (Å²) in [5.41, 5.74) is 2.53. The Morgan fingerprint density at radius 2 is 1.59 bits per heavy atom. The largest absolute Gasteiger partial charge is 0.395 e. The van der Waals surface area contributed by atoms with Gasteiger partial charge in [0.1, 0.15) is 0 Å². The molecular formula is C21H27N3O3. The summed E-state index contributed by atoms with van der Waals surface area (Å²) in [5.74, 6) is -1.38. The van der Waals surface area contributed by atoms with Crippen LogP contribution in [0.3, 0.4) is 0 Å². The van der Waals surface area contributed by atoms with E-state index in [4.69, 9.17) is 0 Å². The molecule has 2 aromatic carbocycles. The molecule has 0 fully saturated rings. The quantitative estimate of drug-likeness (QED) is 0.701. The molecule has 0 saturated heterocycles. The summed E-state index contributed by atoms with van der Waals surface area (Å²) in [7, 11) is 0. The molecule has 0 saturated carbocycles. The summed E-state index contributed by atoms with van der Waals surface area (Å²) < 4.78 is 0. The third-order valence-corrected chi connectivity index (χ3v) is 4.32. The second kappa shape index (κ2) is 10.3. The minimum Gasteiger partial charge on any atom is -0.395 e. The van der Waals surface area contributed by atoms with E-state index in [2.05, 4.69) is 24.1 Å². The number of aliphatic hydroxyl groups is 1. The molecule has 2 rings (SSSR count). The molecule has 0 aliphatic heterocycles. The summed E-state index contributed by atoms with van der Waals surface area (Å²) in [6.45, 7) is 6.13. The Hall–Kier alpha value is -2.86. The highest BCUT2D eigenvalue weighted by atomic mass is 16.3. The Kier molecular flexibility index (Phi) is 7.82. The standard InChI is InChI=1S/C21H27N3O3/c1-3-23(4-2)19-12-10-18(11-13-19)22-20(26)21(27)24(14-15-25)16-17-8-6-5-7-9-17/h5-13,25H,3-4,14-16H2,1-2H3,(H,22,26). The van der Waals surface area contributed by atoms with Crippen molar-refractivity contribution in [1.29, 1.82) is 0 Å². The number of aliphatic hydroxyl groups excluding tert-OH is 1. The van der Waals surface area contributed by atoms with E-state index in [1.165, 1.54) is 4.90 Å². The number of carbonyl (C=O) groups is 2. The number of amides is 2. The zero-order chi connectivity index (χ0) is 19.6. The summed E-state index contributed by atoms with van der Waals surface area (Å²) in [4.78, 5) is 28.4. The fourth-order valence-electron chi connectivity index (χ4n) is 2.85. The van der Waals surface area contributed by atoms with Crippen molar-refractivity contribution in [3.8, 4) is 0 Å². The highest BCUT2D eigenvalue weighted by molar-refractivity contribution is 6.39. The number of nitrogens with zero attached hydrogens (tertiary/aromatic N) is 2. The highest BCUT2D eigenvalue weighted by Crippen LogP contribution is 2.18. The first-order chi connectivity index (χ1) is 13.1. The molecule has 2 aromatic rings. The summed E-state index contributed by atoms with van der Waals surface area (Å²) in [6.07, 6.45) is 0. The van der Waals surface area contributed by atoms with Gasteiger partial charge in [-0.05, 0) is 43.7 Å². The normalized spacial score (nSPS) is 10.3. The minimum atomic E-state index is -0.713. The van der Waals surface area contributed by atoms with Gasteiger partial charge < -0.3 is 20.2 Å². The summed E-state index contributed by atoms with van der Waals surface area (Å²) in [6, 6.07) is 16.8. The van der Waals surface area contributed by atoms with Crippen LogP contribution in [0, 0.1) is 0 Å². The molecule has 0 aliphatic rings. The van der Waals surface area contributed by atoms with Crippen LogP contribution in [0.2, 0.25) is 0 Å². The van der Waals surface area contributed by atoms with Crippen molar-refractivity contribution < 1.29 is 14.7 Å². The lowest BCUT2D eigenvalue weighted by Gasteiger charge is -2.22. The van der Waals surface area contributed by atoms with Crippen molar-refractivity contribution in [3.63, 3.8) is 0 Å². The predicted molar refractivity (Wildman–Crippen MR) is 108 cm³/mol. The Morgan fingerprint density at radius 3 is 2.15 bits per heavy atom. The van der Waals surface area contributed by atoms with E-state index < -0.39 is 11.8 Å². The van der Waals surface area contributed by atoms with Gasteiger partial charge in [0.15, 0.2) is 0 Å². The molecule has 0 unspecified atom stereocenters. The summed E-state index contributed by atoms with van der Waals surface area (Å²) in [5, 5.41) is 11.9. The minimum absolute atomic E-state index is 0.0993. The number of hydrogen-bond acceptors (Lipinski definition) is 4. The number of anilines is 2. The van der Waals surface area contributed by atoms with Gasteiger partial charge in [0.2, 0.25) is 0 Å². The molecule has 0 atom stereocenters. The van der Waals surface area contributed by atoms with Crippen LogP contribution in [-0.2, 0) is 16.1 Å². The summed E-state index contributed by atoms with van der Waals surface area (Å²) >= 11 is 0. The van der Waals surface area contributed by atoms with Crippen LogP contribution in [-0.4, -0.2) is 48.1 Å². The first-order valence-corrected chi connectivity index (χ1v) is 9.19. The van der Waals surface area contributed by atoms with E-state index in [1.807, 2.05) is 42.5 Å². The molecular weight excluding hydrogens is 342 g/mol. The maximum Gasteiger partial charge on any atom is 0.313 e. The van der Waals surface area contributed by atoms with Crippen LogP contribution in [0.15, 0.2) is 54.6 Å². The third-order valence-electron chi connectivity index (χ3n) is 4.32. The van der Waals surface area contributed by atoms with Crippen molar-refractivity contribution >= 4 is 23.2 Å².